The molecule has 1 fully saturated rings. The van der Waals surface area contributed by atoms with Crippen molar-refractivity contribution in [2.75, 3.05) is 13.2 Å². The van der Waals surface area contributed by atoms with E-state index >= 15 is 0 Å². The van der Waals surface area contributed by atoms with E-state index in [1.54, 1.807) is 0 Å². The van der Waals surface area contributed by atoms with E-state index in [0.29, 0.717) is 19.0 Å². The van der Waals surface area contributed by atoms with Gasteiger partial charge in [-0.15, -0.1) is 0 Å². The lowest BCUT2D eigenvalue weighted by molar-refractivity contribution is -0.204. The zero-order valence-electron chi connectivity index (χ0n) is 8.78. The third-order valence-electron chi connectivity index (χ3n) is 2.52. The lowest BCUT2D eigenvalue weighted by atomic mass is 10.1. The van der Waals surface area contributed by atoms with E-state index in [2.05, 4.69) is 14.7 Å². The Labute approximate surface area is 94.6 Å². The molecule has 1 aromatic rings. The lowest BCUT2D eigenvalue weighted by Crippen LogP contribution is -2.30. The number of rotatable bonds is 3. The molecule has 2 atom stereocenters. The standard InChI is InChI=1S/C9H11F3N2O3/c10-9(11,12)6(15)3-7-13-8(14-17-7)5-1-2-16-4-5/h5-6,15H,1-4H2. The van der Waals surface area contributed by atoms with Crippen molar-refractivity contribution < 1.29 is 27.5 Å². The van der Waals surface area contributed by atoms with Crippen molar-refractivity contribution >= 4 is 0 Å². The smallest absolute Gasteiger partial charge is 0.383 e. The van der Waals surface area contributed by atoms with E-state index in [1.807, 2.05) is 0 Å². The fourth-order valence-electron chi connectivity index (χ4n) is 1.54. The maximum Gasteiger partial charge on any atom is 0.414 e. The highest BCUT2D eigenvalue weighted by Crippen LogP contribution is 2.25. The molecule has 0 radical (unpaired) electrons. The maximum atomic E-state index is 12.1. The molecule has 1 aliphatic heterocycles. The average molecular weight is 252 g/mol. The highest BCUT2D eigenvalue weighted by Gasteiger charge is 2.39. The monoisotopic (exact) mass is 252 g/mol. The van der Waals surface area contributed by atoms with Gasteiger partial charge < -0.3 is 14.4 Å². The van der Waals surface area contributed by atoms with Crippen LogP contribution in [0.3, 0.4) is 0 Å². The highest BCUT2D eigenvalue weighted by molar-refractivity contribution is 4.98. The number of halogens is 3. The SMILES string of the molecule is OC(Cc1nc(C2CCOC2)no1)C(F)(F)F. The van der Waals surface area contributed by atoms with Gasteiger partial charge in [0.05, 0.1) is 13.0 Å². The number of aromatic nitrogens is 2. The predicted molar refractivity (Wildman–Crippen MR) is 48.2 cm³/mol. The van der Waals surface area contributed by atoms with Crippen molar-refractivity contribution in [2.24, 2.45) is 0 Å². The molecular weight excluding hydrogens is 241 g/mol. The second-order valence-electron chi connectivity index (χ2n) is 3.87. The Morgan fingerprint density at radius 3 is 2.82 bits per heavy atom. The van der Waals surface area contributed by atoms with E-state index in [-0.39, 0.29) is 11.8 Å². The summed E-state index contributed by atoms with van der Waals surface area (Å²) in [5.41, 5.74) is 0. The molecule has 1 aromatic heterocycles. The number of alkyl halides is 3. The summed E-state index contributed by atoms with van der Waals surface area (Å²) < 4.78 is 46.0. The van der Waals surface area contributed by atoms with Crippen LogP contribution in [0.4, 0.5) is 13.2 Å². The fourth-order valence-corrected chi connectivity index (χ4v) is 1.54. The molecule has 0 amide bonds. The number of hydrogen-bond acceptors (Lipinski definition) is 5. The number of aliphatic hydroxyl groups is 1. The molecule has 0 aliphatic carbocycles. The van der Waals surface area contributed by atoms with Gasteiger partial charge in [0.15, 0.2) is 11.9 Å². The van der Waals surface area contributed by atoms with Crippen LogP contribution < -0.4 is 0 Å². The van der Waals surface area contributed by atoms with Crippen molar-refractivity contribution in [1.82, 2.24) is 10.1 Å². The lowest BCUT2D eigenvalue weighted by Gasteiger charge is -2.11. The Morgan fingerprint density at radius 1 is 1.47 bits per heavy atom. The molecule has 8 heteroatoms. The molecule has 0 saturated carbocycles. The largest absolute Gasteiger partial charge is 0.414 e. The third-order valence-corrected chi connectivity index (χ3v) is 2.52. The van der Waals surface area contributed by atoms with E-state index in [1.165, 1.54) is 0 Å². The topological polar surface area (TPSA) is 68.4 Å². The van der Waals surface area contributed by atoms with Gasteiger partial charge in [-0.25, -0.2) is 0 Å². The summed E-state index contributed by atoms with van der Waals surface area (Å²) in [7, 11) is 0. The minimum atomic E-state index is -4.68. The fraction of sp³-hybridized carbons (Fsp3) is 0.778. The van der Waals surface area contributed by atoms with Crippen molar-refractivity contribution in [3.05, 3.63) is 11.7 Å². The first-order valence-electron chi connectivity index (χ1n) is 5.12. The van der Waals surface area contributed by atoms with Crippen LogP contribution in [0, 0.1) is 0 Å². The predicted octanol–water partition coefficient (Wildman–Crippen LogP) is 1.04. The summed E-state index contributed by atoms with van der Waals surface area (Å²) in [6.45, 7) is 1.03. The number of aliphatic hydroxyl groups excluding tert-OH is 1. The van der Waals surface area contributed by atoms with E-state index < -0.39 is 18.7 Å². The van der Waals surface area contributed by atoms with Crippen LogP contribution in [0.15, 0.2) is 4.52 Å². The summed E-state index contributed by atoms with van der Waals surface area (Å²) in [5, 5.41) is 12.4. The van der Waals surface area contributed by atoms with Crippen LogP contribution in [-0.2, 0) is 11.2 Å². The molecule has 17 heavy (non-hydrogen) atoms. The van der Waals surface area contributed by atoms with Crippen LogP contribution >= 0.6 is 0 Å². The molecule has 1 aliphatic rings. The maximum absolute atomic E-state index is 12.1. The van der Waals surface area contributed by atoms with Gasteiger partial charge in [0.2, 0.25) is 5.89 Å². The molecule has 2 unspecified atom stereocenters. The van der Waals surface area contributed by atoms with Crippen LogP contribution in [-0.4, -0.2) is 40.7 Å². The molecule has 96 valence electrons. The number of ether oxygens (including phenoxy) is 1. The molecule has 0 spiro atoms. The van der Waals surface area contributed by atoms with Crippen molar-refractivity contribution in [1.29, 1.82) is 0 Å². The minimum Gasteiger partial charge on any atom is -0.383 e. The first-order valence-corrected chi connectivity index (χ1v) is 5.12. The molecular formula is C9H11F3N2O3. The normalized spacial score (nSPS) is 22.9. The minimum absolute atomic E-state index is 0.0319. The number of hydrogen-bond donors (Lipinski definition) is 1. The Morgan fingerprint density at radius 2 is 2.24 bits per heavy atom. The van der Waals surface area contributed by atoms with Gasteiger partial charge >= 0.3 is 6.18 Å². The Hall–Kier alpha value is -1.15. The third kappa shape index (κ3) is 2.95. The molecule has 1 saturated heterocycles. The average Bonchev–Trinajstić information content (AvgIpc) is 2.83. The van der Waals surface area contributed by atoms with Gasteiger partial charge in [-0.05, 0) is 6.42 Å². The van der Waals surface area contributed by atoms with E-state index in [4.69, 9.17) is 9.84 Å². The second kappa shape index (κ2) is 4.61. The van der Waals surface area contributed by atoms with Gasteiger partial charge in [-0.3, -0.25) is 0 Å². The Bertz CT molecular complexity index is 374. The zero-order valence-corrected chi connectivity index (χ0v) is 8.78. The molecule has 5 nitrogen and oxygen atoms in total. The van der Waals surface area contributed by atoms with E-state index in [9.17, 15) is 13.2 Å². The summed E-state index contributed by atoms with van der Waals surface area (Å²) in [6.07, 6.45) is -7.15. The first-order chi connectivity index (χ1) is 7.97. The van der Waals surface area contributed by atoms with Crippen LogP contribution in [0.2, 0.25) is 0 Å². The quantitative estimate of drug-likeness (QED) is 0.870. The van der Waals surface area contributed by atoms with Gasteiger partial charge in [0.25, 0.3) is 0 Å². The van der Waals surface area contributed by atoms with Gasteiger partial charge in [0.1, 0.15) is 0 Å². The summed E-state index contributed by atoms with van der Waals surface area (Å²) in [6, 6.07) is 0. The van der Waals surface area contributed by atoms with Crippen LogP contribution in [0.5, 0.6) is 0 Å². The molecule has 1 N–H and O–H groups in total. The Balaban J connectivity index is 1.98. The van der Waals surface area contributed by atoms with Gasteiger partial charge in [-0.1, -0.05) is 5.16 Å². The van der Waals surface area contributed by atoms with Gasteiger partial charge in [0, 0.05) is 12.5 Å². The second-order valence-corrected chi connectivity index (χ2v) is 3.87. The zero-order chi connectivity index (χ0) is 12.5. The molecule has 0 bridgehead atoms. The molecule has 2 rings (SSSR count). The first kappa shape index (κ1) is 12.3. The number of nitrogens with zero attached hydrogens (tertiary/aromatic N) is 2. The molecule has 0 aromatic carbocycles. The van der Waals surface area contributed by atoms with Crippen molar-refractivity contribution in [2.45, 2.75) is 31.0 Å². The van der Waals surface area contributed by atoms with Crippen LogP contribution in [0.1, 0.15) is 24.1 Å². The summed E-state index contributed by atoms with van der Waals surface area (Å²) in [4.78, 5) is 3.83. The van der Waals surface area contributed by atoms with E-state index in [0.717, 1.165) is 6.42 Å². The molecule has 2 heterocycles. The Kier molecular flexibility index (Phi) is 3.34. The summed E-state index contributed by atoms with van der Waals surface area (Å²) >= 11 is 0. The van der Waals surface area contributed by atoms with Crippen molar-refractivity contribution in [3.63, 3.8) is 0 Å². The van der Waals surface area contributed by atoms with Crippen LogP contribution in [0.25, 0.3) is 0 Å². The summed E-state index contributed by atoms with van der Waals surface area (Å²) in [5.74, 6) is 0.0964. The highest BCUT2D eigenvalue weighted by atomic mass is 19.4. The van der Waals surface area contributed by atoms with Gasteiger partial charge in [-0.2, -0.15) is 18.2 Å². The van der Waals surface area contributed by atoms with Crippen molar-refractivity contribution in [3.8, 4) is 0 Å².